The second-order valence-electron chi connectivity index (χ2n) is 11.0. The van der Waals surface area contributed by atoms with Crippen molar-refractivity contribution in [1.82, 2.24) is 9.62 Å². The molecule has 0 bridgehead atoms. The molecule has 4 rings (SSSR count). The van der Waals surface area contributed by atoms with Crippen LogP contribution in [0, 0.1) is 17.6 Å². The summed E-state index contributed by atoms with van der Waals surface area (Å²) in [6.45, 7) is 4.12. The van der Waals surface area contributed by atoms with E-state index in [1.165, 1.54) is 30.5 Å². The summed E-state index contributed by atoms with van der Waals surface area (Å²) in [6, 6.07) is 9.26. The molecule has 4 N–H and O–H groups in total. The third kappa shape index (κ3) is 7.44. The SMILES string of the molecule is C[C@H]1CNC[C@H](CCCc2c(F)cccc2NC(=O)[C@@H](N)[C@@H](c2ccc(F)cc2)C2CCOCC2)N1S(C)(=O)=O. The smallest absolute Gasteiger partial charge is 0.241 e. The zero-order valence-corrected chi connectivity index (χ0v) is 23.9. The van der Waals surface area contributed by atoms with Crippen LogP contribution in [-0.4, -0.2) is 69.3 Å². The van der Waals surface area contributed by atoms with Gasteiger partial charge in [0.1, 0.15) is 11.6 Å². The molecule has 2 fully saturated rings. The fraction of sp³-hybridized carbons (Fsp3) is 0.552. The van der Waals surface area contributed by atoms with Gasteiger partial charge in [0.15, 0.2) is 0 Å². The number of hydrogen-bond acceptors (Lipinski definition) is 6. The van der Waals surface area contributed by atoms with Crippen molar-refractivity contribution in [2.24, 2.45) is 11.7 Å². The minimum absolute atomic E-state index is 0.0798. The third-order valence-corrected chi connectivity index (χ3v) is 9.48. The minimum Gasteiger partial charge on any atom is -0.381 e. The lowest BCUT2D eigenvalue weighted by Gasteiger charge is -2.39. The highest BCUT2D eigenvalue weighted by Gasteiger charge is 2.35. The number of anilines is 1. The summed E-state index contributed by atoms with van der Waals surface area (Å²) in [7, 11) is -3.38. The fourth-order valence-electron chi connectivity index (χ4n) is 6.18. The number of ether oxygens (including phenoxy) is 1. The molecule has 2 aliphatic heterocycles. The molecule has 0 unspecified atom stereocenters. The van der Waals surface area contributed by atoms with Crippen molar-refractivity contribution in [2.45, 2.75) is 63.1 Å². The number of nitrogens with two attached hydrogens (primary N) is 1. The Bertz CT molecular complexity index is 1260. The first-order valence-electron chi connectivity index (χ1n) is 13.9. The number of carbonyl (C=O) groups is 1. The predicted molar refractivity (Wildman–Crippen MR) is 151 cm³/mol. The van der Waals surface area contributed by atoms with Crippen molar-refractivity contribution < 1.29 is 26.7 Å². The normalized spacial score (nSPS) is 22.5. The van der Waals surface area contributed by atoms with Crippen LogP contribution in [0.15, 0.2) is 42.5 Å². The molecule has 1 amide bonds. The first kappa shape index (κ1) is 30.5. The second-order valence-corrected chi connectivity index (χ2v) is 12.8. The predicted octanol–water partition coefficient (Wildman–Crippen LogP) is 3.39. The van der Waals surface area contributed by atoms with Gasteiger partial charge in [-0.2, -0.15) is 4.31 Å². The van der Waals surface area contributed by atoms with E-state index in [1.807, 2.05) is 6.92 Å². The van der Waals surface area contributed by atoms with Crippen molar-refractivity contribution >= 4 is 21.6 Å². The lowest BCUT2D eigenvalue weighted by Crippen LogP contribution is -2.57. The monoisotopic (exact) mass is 578 g/mol. The summed E-state index contributed by atoms with van der Waals surface area (Å²) >= 11 is 0. The van der Waals surface area contributed by atoms with Crippen molar-refractivity contribution in [1.29, 1.82) is 0 Å². The maximum absolute atomic E-state index is 15.0. The van der Waals surface area contributed by atoms with Crippen LogP contribution in [0.3, 0.4) is 0 Å². The number of hydrogen-bond donors (Lipinski definition) is 3. The highest BCUT2D eigenvalue weighted by atomic mass is 32.2. The summed E-state index contributed by atoms with van der Waals surface area (Å²) in [4.78, 5) is 13.5. The van der Waals surface area contributed by atoms with Gasteiger partial charge >= 0.3 is 0 Å². The van der Waals surface area contributed by atoms with E-state index in [0.717, 1.165) is 18.4 Å². The van der Waals surface area contributed by atoms with Crippen LogP contribution >= 0.6 is 0 Å². The second kappa shape index (κ2) is 13.5. The standard InChI is InChI=1S/C29H40F2N4O4S/c1-19-17-33-18-23(35(19)40(2,37)38)5-3-6-24-25(31)7-4-8-26(24)34-29(36)28(32)27(21-13-15-39-16-14-21)20-9-11-22(30)12-10-20/h4,7-12,19,21,23,27-28,33H,3,5-6,13-18,32H2,1-2H3,(H,34,36)/t19-,23-,27-,28-/m0/s1. The van der Waals surface area contributed by atoms with E-state index >= 15 is 0 Å². The van der Waals surface area contributed by atoms with Gasteiger partial charge in [-0.25, -0.2) is 17.2 Å². The number of amides is 1. The van der Waals surface area contributed by atoms with Gasteiger partial charge < -0.3 is 21.1 Å². The summed E-state index contributed by atoms with van der Waals surface area (Å²) in [5.41, 5.74) is 8.04. The molecule has 2 aromatic carbocycles. The Balaban J connectivity index is 1.48. The zero-order valence-electron chi connectivity index (χ0n) is 23.1. The number of benzene rings is 2. The van der Waals surface area contributed by atoms with Crippen LogP contribution in [0.25, 0.3) is 0 Å². The molecular weight excluding hydrogens is 538 g/mol. The molecule has 0 radical (unpaired) electrons. The van der Waals surface area contributed by atoms with Crippen molar-refractivity contribution in [2.75, 3.05) is 37.9 Å². The maximum atomic E-state index is 15.0. The van der Waals surface area contributed by atoms with Gasteiger partial charge in [-0.05, 0) is 74.8 Å². The molecule has 2 aromatic rings. The van der Waals surface area contributed by atoms with Crippen LogP contribution in [0.4, 0.5) is 14.5 Å². The Kier molecular flexibility index (Phi) is 10.3. The molecule has 0 spiro atoms. The van der Waals surface area contributed by atoms with Crippen molar-refractivity contribution in [3.8, 4) is 0 Å². The zero-order chi connectivity index (χ0) is 28.9. The molecule has 8 nitrogen and oxygen atoms in total. The van der Waals surface area contributed by atoms with E-state index in [2.05, 4.69) is 10.6 Å². The van der Waals surface area contributed by atoms with Gasteiger partial charge in [-0.15, -0.1) is 0 Å². The summed E-state index contributed by atoms with van der Waals surface area (Å²) < 4.78 is 60.4. The molecule has 2 saturated heterocycles. The Hall–Kier alpha value is -2.44. The molecule has 4 atom stereocenters. The van der Waals surface area contributed by atoms with E-state index in [4.69, 9.17) is 10.5 Å². The number of halogens is 2. The van der Waals surface area contributed by atoms with E-state index in [9.17, 15) is 22.0 Å². The molecule has 2 aliphatic rings. The average molecular weight is 579 g/mol. The number of piperazine rings is 1. The Labute approximate surface area is 235 Å². The van der Waals surface area contributed by atoms with Crippen LogP contribution < -0.4 is 16.4 Å². The Morgan fingerprint density at radius 3 is 2.52 bits per heavy atom. The first-order chi connectivity index (χ1) is 19.1. The molecular formula is C29H40F2N4O4S. The van der Waals surface area contributed by atoms with Crippen molar-refractivity contribution in [3.63, 3.8) is 0 Å². The van der Waals surface area contributed by atoms with E-state index < -0.39 is 27.8 Å². The number of rotatable bonds is 10. The molecule has 0 aliphatic carbocycles. The summed E-state index contributed by atoms with van der Waals surface area (Å²) in [5, 5.41) is 6.12. The highest BCUT2D eigenvalue weighted by Crippen LogP contribution is 2.35. The first-order valence-corrected chi connectivity index (χ1v) is 15.8. The van der Waals surface area contributed by atoms with E-state index in [0.29, 0.717) is 56.8 Å². The van der Waals surface area contributed by atoms with Crippen LogP contribution in [-0.2, 0) is 26.0 Å². The number of nitrogens with zero attached hydrogens (tertiary/aromatic N) is 1. The molecule has 2 heterocycles. The van der Waals surface area contributed by atoms with Gasteiger partial charge in [0.2, 0.25) is 15.9 Å². The highest BCUT2D eigenvalue weighted by molar-refractivity contribution is 7.88. The van der Waals surface area contributed by atoms with Crippen LogP contribution in [0.1, 0.15) is 49.7 Å². The van der Waals surface area contributed by atoms with Crippen LogP contribution in [0.2, 0.25) is 0 Å². The molecule has 0 aromatic heterocycles. The Morgan fingerprint density at radius 1 is 1.15 bits per heavy atom. The number of carbonyl (C=O) groups excluding carboxylic acids is 1. The molecule has 11 heteroatoms. The van der Waals surface area contributed by atoms with Crippen molar-refractivity contribution in [3.05, 3.63) is 65.2 Å². The lowest BCUT2D eigenvalue weighted by atomic mass is 9.76. The van der Waals surface area contributed by atoms with Gasteiger partial charge in [0.05, 0.1) is 12.3 Å². The van der Waals surface area contributed by atoms with Gasteiger partial charge in [-0.1, -0.05) is 18.2 Å². The molecule has 40 heavy (non-hydrogen) atoms. The molecule has 220 valence electrons. The van der Waals surface area contributed by atoms with E-state index in [1.54, 1.807) is 22.5 Å². The largest absolute Gasteiger partial charge is 0.381 e. The summed E-state index contributed by atoms with van der Waals surface area (Å²) in [6.07, 6.45) is 4.07. The number of nitrogens with one attached hydrogen (secondary N) is 2. The number of sulfonamides is 1. The fourth-order valence-corrected chi connectivity index (χ4v) is 7.63. The molecule has 0 saturated carbocycles. The topological polar surface area (TPSA) is 114 Å². The van der Waals surface area contributed by atoms with Gasteiger partial charge in [0.25, 0.3) is 0 Å². The van der Waals surface area contributed by atoms with Gasteiger partial charge in [0, 0.05) is 55.6 Å². The maximum Gasteiger partial charge on any atom is 0.241 e. The lowest BCUT2D eigenvalue weighted by molar-refractivity contribution is -0.118. The average Bonchev–Trinajstić information content (AvgIpc) is 2.91. The quantitative estimate of drug-likeness (QED) is 0.399. The van der Waals surface area contributed by atoms with Gasteiger partial charge in [-0.3, -0.25) is 4.79 Å². The third-order valence-electron chi connectivity index (χ3n) is 8.06. The van der Waals surface area contributed by atoms with Crippen LogP contribution in [0.5, 0.6) is 0 Å². The summed E-state index contributed by atoms with van der Waals surface area (Å²) in [5.74, 6) is -1.53. The minimum atomic E-state index is -3.38. The van der Waals surface area contributed by atoms with E-state index in [-0.39, 0.29) is 29.7 Å². The Morgan fingerprint density at radius 2 is 1.85 bits per heavy atom.